The number of thioether (sulfide) groups is 1. The van der Waals surface area contributed by atoms with Crippen LogP contribution in [0.25, 0.3) is 0 Å². The van der Waals surface area contributed by atoms with E-state index in [4.69, 9.17) is 40.5 Å². The van der Waals surface area contributed by atoms with Crippen LogP contribution in [0, 0.1) is 0 Å². The number of anilines is 1. The summed E-state index contributed by atoms with van der Waals surface area (Å²) in [7, 11) is 0. The van der Waals surface area contributed by atoms with Crippen molar-refractivity contribution in [3.8, 4) is 0 Å². The number of rotatable bonds is 3. The Hall–Kier alpha value is -0.620. The molecule has 0 spiro atoms. The van der Waals surface area contributed by atoms with Gasteiger partial charge < -0.3 is 5.73 Å². The lowest BCUT2D eigenvalue weighted by atomic mass is 10.2. The fraction of sp³-hybridized carbons (Fsp3) is 0.111. The summed E-state index contributed by atoms with van der Waals surface area (Å²) in [5.41, 5.74) is 6.25. The van der Waals surface area contributed by atoms with E-state index in [0.29, 0.717) is 26.0 Å². The van der Waals surface area contributed by atoms with E-state index >= 15 is 0 Å². The average Bonchev–Trinajstić information content (AvgIpc) is 2.67. The first kappa shape index (κ1) is 12.8. The van der Waals surface area contributed by atoms with Crippen LogP contribution in [0.15, 0.2) is 17.3 Å². The number of nitrogens with two attached hydrogens (primary N) is 1. The third-order valence-corrected chi connectivity index (χ3v) is 3.86. The molecule has 0 aliphatic rings. The molecule has 2 aromatic rings. The summed E-state index contributed by atoms with van der Waals surface area (Å²) < 4.78 is 0. The van der Waals surface area contributed by atoms with Crippen LogP contribution in [0.3, 0.4) is 0 Å². The first-order valence-corrected chi connectivity index (χ1v) is 6.62. The lowest BCUT2D eigenvalue weighted by molar-refractivity contribution is 0.973. The molecule has 0 bridgehead atoms. The van der Waals surface area contributed by atoms with E-state index in [1.807, 2.05) is 0 Å². The lowest BCUT2D eigenvalue weighted by Crippen LogP contribution is -1.86. The zero-order chi connectivity index (χ0) is 12.4. The van der Waals surface area contributed by atoms with Crippen LogP contribution in [-0.4, -0.2) is 15.2 Å². The molecule has 17 heavy (non-hydrogen) atoms. The maximum atomic E-state index is 6.06. The van der Waals surface area contributed by atoms with Crippen molar-refractivity contribution >= 4 is 52.5 Å². The van der Waals surface area contributed by atoms with Crippen LogP contribution < -0.4 is 5.73 Å². The lowest BCUT2D eigenvalue weighted by Gasteiger charge is -2.05. The third-order valence-electron chi connectivity index (χ3n) is 1.91. The third kappa shape index (κ3) is 3.19. The summed E-state index contributed by atoms with van der Waals surface area (Å²) in [5, 5.41) is 8.47. The number of hydrogen-bond acceptors (Lipinski definition) is 4. The van der Waals surface area contributed by atoms with Gasteiger partial charge in [0, 0.05) is 10.8 Å². The topological polar surface area (TPSA) is 67.6 Å². The van der Waals surface area contributed by atoms with Gasteiger partial charge in [0.1, 0.15) is 0 Å². The summed E-state index contributed by atoms with van der Waals surface area (Å²) in [6, 6.07) is 3.36. The zero-order valence-corrected chi connectivity index (χ0v) is 11.5. The first-order valence-electron chi connectivity index (χ1n) is 4.50. The number of nitrogens with zero attached hydrogens (tertiary/aromatic N) is 2. The summed E-state index contributed by atoms with van der Waals surface area (Å²) in [5.74, 6) is 0.846. The minimum Gasteiger partial charge on any atom is -0.368 e. The second kappa shape index (κ2) is 5.35. The highest BCUT2D eigenvalue weighted by Crippen LogP contribution is 2.33. The molecule has 1 aromatic carbocycles. The highest BCUT2D eigenvalue weighted by molar-refractivity contribution is 7.98. The molecule has 0 unspecified atom stereocenters. The van der Waals surface area contributed by atoms with Gasteiger partial charge in [-0.3, -0.25) is 0 Å². The Morgan fingerprint density at radius 2 is 2.06 bits per heavy atom. The summed E-state index contributed by atoms with van der Waals surface area (Å²) in [6.07, 6.45) is 0. The monoisotopic (exact) mass is 308 g/mol. The largest absolute Gasteiger partial charge is 0.368 e. The van der Waals surface area contributed by atoms with E-state index in [0.717, 1.165) is 5.56 Å². The van der Waals surface area contributed by atoms with E-state index in [9.17, 15) is 0 Å². The van der Waals surface area contributed by atoms with Gasteiger partial charge in [-0.15, -0.1) is 5.10 Å². The fourth-order valence-corrected chi connectivity index (χ4v) is 2.76. The number of benzene rings is 1. The second-order valence-corrected chi connectivity index (χ2v) is 5.32. The van der Waals surface area contributed by atoms with Crippen molar-refractivity contribution in [1.29, 1.82) is 0 Å². The van der Waals surface area contributed by atoms with Gasteiger partial charge in [0.25, 0.3) is 0 Å². The smallest absolute Gasteiger partial charge is 0.216 e. The Bertz CT molecular complexity index is 543. The fourth-order valence-electron chi connectivity index (χ4n) is 1.18. The van der Waals surface area contributed by atoms with Crippen LogP contribution in [0.1, 0.15) is 5.56 Å². The van der Waals surface area contributed by atoms with E-state index < -0.39 is 0 Å². The maximum Gasteiger partial charge on any atom is 0.216 e. The molecule has 0 amide bonds. The van der Waals surface area contributed by atoms with Crippen molar-refractivity contribution in [2.45, 2.75) is 10.9 Å². The van der Waals surface area contributed by atoms with Gasteiger partial charge in [0.15, 0.2) is 0 Å². The van der Waals surface area contributed by atoms with Crippen molar-refractivity contribution in [2.24, 2.45) is 0 Å². The quantitative estimate of drug-likeness (QED) is 0.671. The molecular weight excluding hydrogens is 303 g/mol. The van der Waals surface area contributed by atoms with Crippen molar-refractivity contribution in [1.82, 2.24) is 15.2 Å². The molecule has 2 rings (SSSR count). The molecule has 0 aliphatic heterocycles. The number of aromatic amines is 1. The molecule has 0 radical (unpaired) electrons. The molecule has 0 aliphatic carbocycles. The van der Waals surface area contributed by atoms with E-state index in [1.165, 1.54) is 11.8 Å². The molecule has 3 N–H and O–H groups in total. The predicted octanol–water partition coefficient (Wildman–Crippen LogP) is 3.64. The summed E-state index contributed by atoms with van der Waals surface area (Å²) in [4.78, 5) is 3.97. The molecule has 1 aromatic heterocycles. The number of halogens is 3. The van der Waals surface area contributed by atoms with Crippen molar-refractivity contribution < 1.29 is 0 Å². The van der Waals surface area contributed by atoms with Crippen LogP contribution in [0.5, 0.6) is 0 Å². The van der Waals surface area contributed by atoms with Crippen molar-refractivity contribution in [3.05, 3.63) is 32.8 Å². The Kier molecular flexibility index (Phi) is 4.04. The van der Waals surface area contributed by atoms with Gasteiger partial charge in [-0.05, 0) is 17.7 Å². The van der Waals surface area contributed by atoms with Crippen LogP contribution in [0.4, 0.5) is 5.95 Å². The van der Waals surface area contributed by atoms with Gasteiger partial charge in [0.05, 0.1) is 10.0 Å². The first-order chi connectivity index (χ1) is 8.06. The maximum absolute atomic E-state index is 6.06. The Morgan fingerprint density at radius 3 is 2.71 bits per heavy atom. The van der Waals surface area contributed by atoms with Crippen LogP contribution in [0.2, 0.25) is 15.1 Å². The Balaban J connectivity index is 2.14. The van der Waals surface area contributed by atoms with E-state index in [2.05, 4.69) is 15.2 Å². The molecule has 0 saturated heterocycles. The predicted molar refractivity (Wildman–Crippen MR) is 71.8 cm³/mol. The standard InChI is InChI=1S/C9H7Cl3N4S/c10-5-1-4(7(12)6(11)2-5)3-17-9-14-8(13)15-16-9/h1-2H,3H2,(H3,13,14,15,16). The van der Waals surface area contributed by atoms with Crippen molar-refractivity contribution in [3.63, 3.8) is 0 Å². The second-order valence-electron chi connectivity index (χ2n) is 3.15. The molecule has 1 heterocycles. The number of hydrogen-bond donors (Lipinski definition) is 2. The SMILES string of the molecule is Nc1nc(SCc2cc(Cl)cc(Cl)c2Cl)n[nH]1. The summed E-state index contributed by atoms with van der Waals surface area (Å²) in [6.45, 7) is 0. The molecule has 0 atom stereocenters. The number of aromatic nitrogens is 3. The highest BCUT2D eigenvalue weighted by atomic mass is 35.5. The van der Waals surface area contributed by atoms with Gasteiger partial charge in [-0.1, -0.05) is 46.6 Å². The minimum absolute atomic E-state index is 0.280. The summed E-state index contributed by atoms with van der Waals surface area (Å²) >= 11 is 19.3. The van der Waals surface area contributed by atoms with Gasteiger partial charge in [0.2, 0.25) is 11.1 Å². The molecule has 4 nitrogen and oxygen atoms in total. The Morgan fingerprint density at radius 1 is 1.29 bits per heavy atom. The van der Waals surface area contributed by atoms with Gasteiger partial charge >= 0.3 is 0 Å². The van der Waals surface area contributed by atoms with Gasteiger partial charge in [-0.25, -0.2) is 5.10 Å². The number of nitrogen functional groups attached to an aromatic ring is 1. The molecular formula is C9H7Cl3N4S. The molecule has 0 saturated carbocycles. The molecule has 8 heteroatoms. The van der Waals surface area contributed by atoms with E-state index in [1.54, 1.807) is 12.1 Å². The average molecular weight is 310 g/mol. The number of H-pyrrole nitrogens is 1. The van der Waals surface area contributed by atoms with Crippen LogP contribution >= 0.6 is 46.6 Å². The highest BCUT2D eigenvalue weighted by Gasteiger charge is 2.09. The van der Waals surface area contributed by atoms with Crippen molar-refractivity contribution in [2.75, 3.05) is 5.73 Å². The molecule has 90 valence electrons. The zero-order valence-electron chi connectivity index (χ0n) is 8.38. The normalized spacial score (nSPS) is 10.8. The minimum atomic E-state index is 0.280. The Labute approximate surface area is 117 Å². The van der Waals surface area contributed by atoms with Gasteiger partial charge in [-0.2, -0.15) is 4.98 Å². The van der Waals surface area contributed by atoms with Crippen LogP contribution in [-0.2, 0) is 5.75 Å². The number of nitrogens with one attached hydrogen (secondary N) is 1. The molecule has 0 fully saturated rings. The van der Waals surface area contributed by atoms with E-state index in [-0.39, 0.29) is 5.95 Å².